The first kappa shape index (κ1) is 15.4. The number of halogens is 1. The molecule has 0 saturated heterocycles. The number of fused-ring (bicyclic) bond motifs is 1. The number of hydrogen-bond donors (Lipinski definition) is 1. The van der Waals surface area contributed by atoms with E-state index in [-0.39, 0.29) is 18.3 Å². The third-order valence-corrected chi connectivity index (χ3v) is 3.99. The predicted molar refractivity (Wildman–Crippen MR) is 89.8 cm³/mol. The molecule has 1 amide bonds. The summed E-state index contributed by atoms with van der Waals surface area (Å²) in [6, 6.07) is 19.6. The van der Waals surface area contributed by atoms with Gasteiger partial charge in [0.25, 0.3) is 5.91 Å². The highest BCUT2D eigenvalue weighted by Gasteiger charge is 2.05. The van der Waals surface area contributed by atoms with E-state index in [4.69, 9.17) is 4.74 Å². The molecule has 1 N–H and O–H groups in total. The molecule has 116 valence electrons. The summed E-state index contributed by atoms with van der Waals surface area (Å²) in [5, 5.41) is 2.17. The Morgan fingerprint density at radius 3 is 2.65 bits per heavy atom. The lowest BCUT2D eigenvalue weighted by Crippen LogP contribution is -2.23. The lowest BCUT2D eigenvalue weighted by molar-refractivity contribution is -0.121. The van der Waals surface area contributed by atoms with Gasteiger partial charge in [-0.2, -0.15) is 0 Å². The maximum Gasteiger partial charge on any atom is 0.267 e. The second kappa shape index (κ2) is 7.15. The van der Waals surface area contributed by atoms with Gasteiger partial charge in [-0.15, -0.1) is 0 Å². The summed E-state index contributed by atoms with van der Waals surface area (Å²) in [4.78, 5) is 12.4. The van der Waals surface area contributed by atoms with Crippen molar-refractivity contribution < 1.29 is 13.9 Å². The number of hydrogen-bond acceptors (Lipinski definition) is 3. The van der Waals surface area contributed by atoms with Crippen molar-refractivity contribution in [2.75, 3.05) is 6.61 Å². The van der Waals surface area contributed by atoms with Crippen molar-refractivity contribution in [3.8, 4) is 5.75 Å². The van der Waals surface area contributed by atoms with Gasteiger partial charge in [-0.25, -0.2) is 4.39 Å². The minimum absolute atomic E-state index is 0.0966. The first-order valence-corrected chi connectivity index (χ1v) is 7.85. The summed E-state index contributed by atoms with van der Waals surface area (Å²) in [6.07, 6.45) is 0. The van der Waals surface area contributed by atoms with Crippen LogP contribution in [0.25, 0.3) is 10.8 Å². The summed E-state index contributed by atoms with van der Waals surface area (Å²) >= 11 is 1.06. The number of benzene rings is 3. The van der Waals surface area contributed by atoms with Gasteiger partial charge in [-0.3, -0.25) is 9.52 Å². The summed E-state index contributed by atoms with van der Waals surface area (Å²) in [7, 11) is 0. The number of rotatable bonds is 5. The van der Waals surface area contributed by atoms with Crippen molar-refractivity contribution >= 4 is 28.6 Å². The highest BCUT2D eigenvalue weighted by Crippen LogP contribution is 2.20. The van der Waals surface area contributed by atoms with E-state index in [0.717, 1.165) is 22.7 Å². The maximum absolute atomic E-state index is 13.0. The third-order valence-electron chi connectivity index (χ3n) is 3.17. The van der Waals surface area contributed by atoms with Gasteiger partial charge in [0.1, 0.15) is 11.6 Å². The molecule has 0 radical (unpaired) electrons. The number of carbonyl (C=O) groups is 1. The Morgan fingerprint density at radius 1 is 1.00 bits per heavy atom. The molecule has 0 aliphatic heterocycles. The van der Waals surface area contributed by atoms with E-state index in [0.29, 0.717) is 10.6 Å². The fourth-order valence-corrected chi connectivity index (χ4v) is 2.69. The molecule has 0 fully saturated rings. The number of nitrogens with one attached hydrogen (secondary N) is 1. The molecule has 5 heteroatoms. The molecular weight excluding hydrogens is 313 g/mol. The summed E-state index contributed by atoms with van der Waals surface area (Å²) in [6.45, 7) is -0.0966. The molecule has 0 aliphatic carbocycles. The molecule has 0 bridgehead atoms. The van der Waals surface area contributed by atoms with Crippen molar-refractivity contribution in [2.45, 2.75) is 4.90 Å². The molecule has 0 unspecified atom stereocenters. The van der Waals surface area contributed by atoms with E-state index in [9.17, 15) is 9.18 Å². The minimum atomic E-state index is -0.336. The first-order chi connectivity index (χ1) is 11.2. The van der Waals surface area contributed by atoms with E-state index < -0.39 is 0 Å². The smallest absolute Gasteiger partial charge is 0.267 e. The van der Waals surface area contributed by atoms with Crippen LogP contribution in [0, 0.1) is 5.82 Å². The van der Waals surface area contributed by atoms with E-state index in [1.165, 1.54) is 12.1 Å². The first-order valence-electron chi connectivity index (χ1n) is 7.03. The molecule has 3 nitrogen and oxygen atoms in total. The molecule has 3 aromatic carbocycles. The lowest BCUT2D eigenvalue weighted by Gasteiger charge is -2.08. The van der Waals surface area contributed by atoms with Crippen molar-refractivity contribution in [3.63, 3.8) is 0 Å². The summed E-state index contributed by atoms with van der Waals surface area (Å²) in [5.41, 5.74) is 0. The Morgan fingerprint density at radius 2 is 1.83 bits per heavy atom. The molecule has 0 atom stereocenters. The van der Waals surface area contributed by atoms with Gasteiger partial charge >= 0.3 is 0 Å². The van der Waals surface area contributed by atoms with Crippen molar-refractivity contribution in [2.24, 2.45) is 0 Å². The van der Waals surface area contributed by atoms with Gasteiger partial charge < -0.3 is 4.74 Å². The van der Waals surface area contributed by atoms with Crippen molar-refractivity contribution in [3.05, 3.63) is 72.5 Å². The largest absolute Gasteiger partial charge is 0.484 e. The highest BCUT2D eigenvalue weighted by molar-refractivity contribution is 7.98. The number of ether oxygens (including phenoxy) is 1. The van der Waals surface area contributed by atoms with E-state index in [1.807, 2.05) is 42.5 Å². The molecule has 0 aromatic heterocycles. The second-order valence-corrected chi connectivity index (χ2v) is 5.76. The lowest BCUT2D eigenvalue weighted by atomic mass is 10.1. The molecular formula is C18H14FNO2S. The Balaban J connectivity index is 1.53. The van der Waals surface area contributed by atoms with Crippen LogP contribution < -0.4 is 9.46 Å². The highest BCUT2D eigenvalue weighted by atomic mass is 32.2. The normalized spacial score (nSPS) is 10.5. The van der Waals surface area contributed by atoms with Gasteiger partial charge in [-0.05, 0) is 53.1 Å². The van der Waals surface area contributed by atoms with Gasteiger partial charge in [0.15, 0.2) is 6.61 Å². The topological polar surface area (TPSA) is 38.3 Å². The van der Waals surface area contributed by atoms with Crippen molar-refractivity contribution in [1.29, 1.82) is 0 Å². The van der Waals surface area contributed by atoms with Gasteiger partial charge in [0, 0.05) is 4.90 Å². The van der Waals surface area contributed by atoms with Crippen LogP contribution in [-0.2, 0) is 4.79 Å². The molecule has 0 heterocycles. The number of amides is 1. The molecule has 0 spiro atoms. The predicted octanol–water partition coefficient (Wildman–Crippen LogP) is 4.18. The molecule has 0 aliphatic rings. The van der Waals surface area contributed by atoms with E-state index in [2.05, 4.69) is 4.72 Å². The van der Waals surface area contributed by atoms with Crippen LogP contribution in [0.2, 0.25) is 0 Å². The van der Waals surface area contributed by atoms with Crippen LogP contribution in [0.1, 0.15) is 0 Å². The van der Waals surface area contributed by atoms with E-state index in [1.54, 1.807) is 12.1 Å². The van der Waals surface area contributed by atoms with Gasteiger partial charge in [0.2, 0.25) is 0 Å². The molecule has 0 saturated carbocycles. The standard InChI is InChI=1S/C18H14FNO2S/c19-15-6-3-7-17(11-15)23-20-18(21)12-22-16-9-8-13-4-1-2-5-14(13)10-16/h1-11H,12H2,(H,20,21). The molecule has 3 aromatic rings. The van der Waals surface area contributed by atoms with Gasteiger partial charge in [-0.1, -0.05) is 36.4 Å². The summed E-state index contributed by atoms with van der Waals surface area (Å²) < 4.78 is 21.1. The van der Waals surface area contributed by atoms with Crippen LogP contribution in [-0.4, -0.2) is 12.5 Å². The summed E-state index contributed by atoms with van der Waals surface area (Å²) in [5.74, 6) is 0.0127. The fourth-order valence-electron chi connectivity index (χ4n) is 2.08. The van der Waals surface area contributed by atoms with Gasteiger partial charge in [0.05, 0.1) is 0 Å². The van der Waals surface area contributed by atoms with Crippen LogP contribution in [0.4, 0.5) is 4.39 Å². The SMILES string of the molecule is O=C(COc1ccc2ccccc2c1)NSc1cccc(F)c1. The molecule has 3 rings (SSSR count). The zero-order chi connectivity index (χ0) is 16.1. The van der Waals surface area contributed by atoms with Crippen molar-refractivity contribution in [1.82, 2.24) is 4.72 Å². The van der Waals surface area contributed by atoms with Crippen LogP contribution in [0.5, 0.6) is 5.75 Å². The second-order valence-electron chi connectivity index (χ2n) is 4.88. The Kier molecular flexibility index (Phi) is 4.78. The zero-order valence-corrected chi connectivity index (χ0v) is 13.0. The average molecular weight is 327 g/mol. The quantitative estimate of drug-likeness (QED) is 0.714. The third kappa shape index (κ3) is 4.23. The number of carbonyl (C=O) groups excluding carboxylic acids is 1. The van der Waals surface area contributed by atoms with E-state index >= 15 is 0 Å². The average Bonchev–Trinajstić information content (AvgIpc) is 2.58. The van der Waals surface area contributed by atoms with Crippen LogP contribution >= 0.6 is 11.9 Å². The Labute approximate surface area is 137 Å². The fraction of sp³-hybridized carbons (Fsp3) is 0.0556. The minimum Gasteiger partial charge on any atom is -0.484 e. The maximum atomic E-state index is 13.0. The molecule has 23 heavy (non-hydrogen) atoms. The van der Waals surface area contributed by atoms with Crippen LogP contribution in [0.3, 0.4) is 0 Å². The Hall–Kier alpha value is -2.53. The van der Waals surface area contributed by atoms with Crippen LogP contribution in [0.15, 0.2) is 71.6 Å². The zero-order valence-electron chi connectivity index (χ0n) is 12.2. The Bertz CT molecular complexity index is 838. The monoisotopic (exact) mass is 327 g/mol.